The van der Waals surface area contributed by atoms with Crippen LogP contribution in [0.4, 0.5) is 0 Å². The molecule has 2 bridgehead atoms. The Hall–Kier alpha value is -3.02. The molecule has 0 aliphatic carbocycles. The van der Waals surface area contributed by atoms with Gasteiger partial charge in [0.25, 0.3) is 0 Å². The molecular formula is C31H40BrN3O7. The molecule has 3 fully saturated rings. The Morgan fingerprint density at radius 1 is 1.29 bits per heavy atom. The molecule has 42 heavy (non-hydrogen) atoms. The molecule has 228 valence electrons. The van der Waals surface area contributed by atoms with Crippen molar-refractivity contribution in [2.24, 2.45) is 11.8 Å². The highest BCUT2D eigenvalue weighted by molar-refractivity contribution is 9.09. The molecule has 0 aromatic heterocycles. The molecule has 0 saturated carbocycles. The SMILES string of the molecule is C=CCCC(=O)NC[C@H](C)OC(=O)[C@H]1[C@@H]2O[C@@]3(CC2Br)[C@@H]1C(=O)N(CCCO)[C@@H]3C(=O)N(CC=C)Cc1ccccc1. The summed E-state index contributed by atoms with van der Waals surface area (Å²) < 4.78 is 12.2. The largest absolute Gasteiger partial charge is 0.460 e. The Balaban J connectivity index is 1.59. The van der Waals surface area contributed by atoms with Gasteiger partial charge in [0.05, 0.1) is 24.5 Å². The average Bonchev–Trinajstić information content (AvgIpc) is 3.56. The minimum absolute atomic E-state index is 0.126. The summed E-state index contributed by atoms with van der Waals surface area (Å²) in [6, 6.07) is 8.57. The Kier molecular flexibility index (Phi) is 10.6. The van der Waals surface area contributed by atoms with Gasteiger partial charge in [-0.15, -0.1) is 13.2 Å². The third-order valence-electron chi connectivity index (χ3n) is 8.21. The molecule has 4 rings (SSSR count). The number of nitrogens with zero attached hydrogens (tertiary/aromatic N) is 2. The number of esters is 1. The van der Waals surface area contributed by atoms with Gasteiger partial charge >= 0.3 is 5.97 Å². The molecule has 1 aromatic rings. The number of aliphatic hydroxyl groups excluding tert-OH is 1. The van der Waals surface area contributed by atoms with Crippen LogP contribution in [0, 0.1) is 11.8 Å². The molecule has 3 heterocycles. The Morgan fingerprint density at radius 3 is 2.69 bits per heavy atom. The first-order chi connectivity index (χ1) is 20.2. The van der Waals surface area contributed by atoms with Gasteiger partial charge in [0.1, 0.15) is 17.7 Å². The zero-order valence-electron chi connectivity index (χ0n) is 24.0. The van der Waals surface area contributed by atoms with Crippen LogP contribution in [0.3, 0.4) is 0 Å². The van der Waals surface area contributed by atoms with Crippen LogP contribution >= 0.6 is 15.9 Å². The average molecular weight is 647 g/mol. The van der Waals surface area contributed by atoms with E-state index in [1.54, 1.807) is 24.0 Å². The van der Waals surface area contributed by atoms with Gasteiger partial charge in [0, 0.05) is 37.5 Å². The number of allylic oxidation sites excluding steroid dienone is 1. The number of hydrogen-bond donors (Lipinski definition) is 2. The lowest BCUT2D eigenvalue weighted by molar-refractivity contribution is -0.159. The predicted molar refractivity (Wildman–Crippen MR) is 159 cm³/mol. The van der Waals surface area contributed by atoms with Crippen LogP contribution in [0.25, 0.3) is 0 Å². The third-order valence-corrected chi connectivity index (χ3v) is 9.05. The first-order valence-corrected chi connectivity index (χ1v) is 15.3. The highest BCUT2D eigenvalue weighted by Crippen LogP contribution is 2.60. The number of fused-ring (bicyclic) bond motifs is 1. The van der Waals surface area contributed by atoms with Gasteiger partial charge in [-0.05, 0) is 31.7 Å². The van der Waals surface area contributed by atoms with Crippen molar-refractivity contribution in [3.05, 3.63) is 61.2 Å². The number of rotatable bonds is 15. The number of amides is 3. The molecule has 3 aliphatic rings. The summed E-state index contributed by atoms with van der Waals surface area (Å²) in [6.07, 6.45) is 3.48. The molecule has 3 amide bonds. The van der Waals surface area contributed by atoms with E-state index in [2.05, 4.69) is 34.4 Å². The third kappa shape index (κ3) is 6.33. The van der Waals surface area contributed by atoms with E-state index in [0.29, 0.717) is 25.8 Å². The molecular weight excluding hydrogens is 606 g/mol. The maximum Gasteiger partial charge on any atom is 0.312 e. The van der Waals surface area contributed by atoms with E-state index in [-0.39, 0.29) is 55.2 Å². The molecule has 1 aromatic carbocycles. The lowest BCUT2D eigenvalue weighted by atomic mass is 9.70. The van der Waals surface area contributed by atoms with Crippen molar-refractivity contribution in [2.45, 2.75) is 67.8 Å². The Bertz CT molecular complexity index is 1180. The van der Waals surface area contributed by atoms with Crippen molar-refractivity contribution in [3.63, 3.8) is 0 Å². The second-order valence-electron chi connectivity index (χ2n) is 11.1. The molecule has 3 aliphatic heterocycles. The topological polar surface area (TPSA) is 125 Å². The van der Waals surface area contributed by atoms with E-state index in [1.165, 1.54) is 4.90 Å². The van der Waals surface area contributed by atoms with Crippen LogP contribution < -0.4 is 5.32 Å². The number of halogens is 1. The minimum atomic E-state index is -1.23. The van der Waals surface area contributed by atoms with E-state index in [1.807, 2.05) is 30.3 Å². The van der Waals surface area contributed by atoms with Crippen LogP contribution in [-0.4, -0.2) is 93.5 Å². The molecule has 2 N–H and O–H groups in total. The summed E-state index contributed by atoms with van der Waals surface area (Å²) in [5, 5.41) is 12.3. The van der Waals surface area contributed by atoms with E-state index in [4.69, 9.17) is 9.47 Å². The van der Waals surface area contributed by atoms with E-state index < -0.39 is 41.7 Å². The van der Waals surface area contributed by atoms with Gasteiger partial charge in [-0.1, -0.05) is 58.4 Å². The normalized spacial score (nSPS) is 28.2. The van der Waals surface area contributed by atoms with Crippen molar-refractivity contribution in [1.29, 1.82) is 0 Å². The maximum atomic E-state index is 14.3. The van der Waals surface area contributed by atoms with Crippen molar-refractivity contribution >= 4 is 39.6 Å². The standard InChI is InChI=1S/C31H40BrN3O7/c1-4-6-13-23(37)33-18-20(3)41-30(40)24-25-28(38)35(15-10-16-36)27(31(25)17-22(32)26(24)42-31)29(39)34(14-5-2)19-21-11-8-7-9-12-21/h4-5,7-9,11-12,20,22,24-27,36H,1-2,6,10,13-19H2,3H3,(H,33,37)/t20-,22?,24+,25-,26+,27+,31-/m0/s1. The summed E-state index contributed by atoms with van der Waals surface area (Å²) in [4.78, 5) is 56.8. The first kappa shape index (κ1) is 31.9. The van der Waals surface area contributed by atoms with Crippen LogP contribution in [0.1, 0.15) is 38.2 Å². The molecule has 1 spiro atoms. The van der Waals surface area contributed by atoms with E-state index >= 15 is 0 Å². The lowest BCUT2D eigenvalue weighted by Crippen LogP contribution is -2.56. The number of benzene rings is 1. The zero-order valence-corrected chi connectivity index (χ0v) is 25.5. The van der Waals surface area contributed by atoms with Crippen molar-refractivity contribution in [3.8, 4) is 0 Å². The molecule has 1 unspecified atom stereocenters. The van der Waals surface area contributed by atoms with Crippen LogP contribution in [0.5, 0.6) is 0 Å². The van der Waals surface area contributed by atoms with Crippen molar-refractivity contribution in [1.82, 2.24) is 15.1 Å². The van der Waals surface area contributed by atoms with Crippen molar-refractivity contribution < 1.29 is 33.8 Å². The fraction of sp³-hybridized carbons (Fsp3) is 0.548. The molecule has 0 radical (unpaired) electrons. The summed E-state index contributed by atoms with van der Waals surface area (Å²) in [5.74, 6) is -3.25. The highest BCUT2D eigenvalue weighted by atomic mass is 79.9. The summed E-state index contributed by atoms with van der Waals surface area (Å²) in [7, 11) is 0. The number of hydrogen-bond acceptors (Lipinski definition) is 7. The zero-order chi connectivity index (χ0) is 30.4. The monoisotopic (exact) mass is 645 g/mol. The van der Waals surface area contributed by atoms with Crippen LogP contribution in [0.2, 0.25) is 0 Å². The fourth-order valence-electron chi connectivity index (χ4n) is 6.42. The molecule has 3 saturated heterocycles. The number of ether oxygens (including phenoxy) is 2. The van der Waals surface area contributed by atoms with Gasteiger partial charge in [-0.25, -0.2) is 0 Å². The number of aliphatic hydroxyl groups is 1. The van der Waals surface area contributed by atoms with E-state index in [9.17, 15) is 24.3 Å². The smallest absolute Gasteiger partial charge is 0.312 e. The van der Waals surface area contributed by atoms with Crippen LogP contribution in [-0.2, 0) is 35.2 Å². The second kappa shape index (κ2) is 14.0. The first-order valence-electron chi connectivity index (χ1n) is 14.4. The summed E-state index contributed by atoms with van der Waals surface area (Å²) >= 11 is 3.66. The van der Waals surface area contributed by atoms with Crippen molar-refractivity contribution in [2.75, 3.05) is 26.2 Å². The maximum absolute atomic E-state index is 14.3. The highest BCUT2D eigenvalue weighted by Gasteiger charge is 2.77. The summed E-state index contributed by atoms with van der Waals surface area (Å²) in [6.45, 7) is 9.79. The molecule has 11 heteroatoms. The number of nitrogens with one attached hydrogen (secondary N) is 1. The quantitative estimate of drug-likeness (QED) is 0.170. The van der Waals surface area contributed by atoms with E-state index in [0.717, 1.165) is 5.56 Å². The second-order valence-corrected chi connectivity index (χ2v) is 12.3. The number of carbonyl (C=O) groups is 4. The summed E-state index contributed by atoms with van der Waals surface area (Å²) in [5.41, 5.74) is -0.306. The number of alkyl halides is 1. The minimum Gasteiger partial charge on any atom is -0.460 e. The lowest BCUT2D eigenvalue weighted by Gasteiger charge is -2.37. The number of carbonyl (C=O) groups excluding carboxylic acids is 4. The predicted octanol–water partition coefficient (Wildman–Crippen LogP) is 2.35. The van der Waals surface area contributed by atoms with Gasteiger partial charge in [-0.3, -0.25) is 19.2 Å². The van der Waals surface area contributed by atoms with Gasteiger partial charge in [-0.2, -0.15) is 0 Å². The fourth-order valence-corrected chi connectivity index (χ4v) is 7.37. The Morgan fingerprint density at radius 2 is 2.02 bits per heavy atom. The number of likely N-dealkylation sites (tertiary alicyclic amines) is 1. The molecule has 10 nitrogen and oxygen atoms in total. The van der Waals surface area contributed by atoms with Gasteiger partial charge < -0.3 is 29.7 Å². The van der Waals surface area contributed by atoms with Gasteiger partial charge in [0.2, 0.25) is 17.7 Å². The van der Waals surface area contributed by atoms with Gasteiger partial charge in [0.15, 0.2) is 0 Å². The molecule has 7 atom stereocenters. The Labute approximate surface area is 255 Å². The van der Waals surface area contributed by atoms with Crippen LogP contribution in [0.15, 0.2) is 55.6 Å².